The molecule has 0 rings (SSSR count). The molecule has 0 saturated heterocycles. The Hall–Kier alpha value is -0.870. The normalized spacial score (nSPS) is 14.9. The van der Waals surface area contributed by atoms with Crippen LogP contribution in [0.25, 0.3) is 0 Å². The van der Waals surface area contributed by atoms with Crippen molar-refractivity contribution in [2.45, 2.75) is 13.0 Å². The average Bonchev–Trinajstić information content (AvgIpc) is 2.11. The molecule has 0 amide bonds. The minimum absolute atomic E-state index is 0.105. The van der Waals surface area contributed by atoms with Gasteiger partial charge in [-0.3, -0.25) is 0 Å². The summed E-state index contributed by atoms with van der Waals surface area (Å²) in [6, 6.07) is 0. The highest BCUT2D eigenvalue weighted by Crippen LogP contribution is 2.01. The molecule has 0 bridgehead atoms. The van der Waals surface area contributed by atoms with Gasteiger partial charge in [0, 0.05) is 18.6 Å². The molecule has 0 aromatic rings. The number of aliphatic hydroxyl groups excluding tert-OH is 2. The molecule has 0 heterocycles. The van der Waals surface area contributed by atoms with Crippen LogP contribution in [-0.2, 0) is 9.53 Å². The zero-order chi connectivity index (χ0) is 9.56. The van der Waals surface area contributed by atoms with Crippen LogP contribution < -0.4 is 0 Å². The lowest BCUT2D eigenvalue weighted by atomic mass is 10.1. The van der Waals surface area contributed by atoms with Gasteiger partial charge in [-0.2, -0.15) is 0 Å². The molecule has 0 aromatic carbocycles. The van der Waals surface area contributed by atoms with Gasteiger partial charge in [-0.15, -0.1) is 0 Å². The van der Waals surface area contributed by atoms with Gasteiger partial charge >= 0.3 is 5.97 Å². The Balaban J connectivity index is 3.62. The van der Waals surface area contributed by atoms with Gasteiger partial charge in [-0.05, 0) is 0 Å². The van der Waals surface area contributed by atoms with Crippen LogP contribution in [0.4, 0.5) is 0 Å². The van der Waals surface area contributed by atoms with Crippen LogP contribution in [0.3, 0.4) is 0 Å². The van der Waals surface area contributed by atoms with Crippen LogP contribution in [-0.4, -0.2) is 35.5 Å². The third-order valence-electron chi connectivity index (χ3n) is 1.51. The Kier molecular flexibility index (Phi) is 5.32. The third kappa shape index (κ3) is 4.10. The van der Waals surface area contributed by atoms with E-state index < -0.39 is 12.1 Å². The van der Waals surface area contributed by atoms with Gasteiger partial charge in [0.2, 0.25) is 0 Å². The topological polar surface area (TPSA) is 66.8 Å². The maximum absolute atomic E-state index is 10.5. The Morgan fingerprint density at radius 2 is 2.33 bits per heavy atom. The van der Waals surface area contributed by atoms with Gasteiger partial charge in [-0.25, -0.2) is 4.79 Å². The first kappa shape index (κ1) is 11.1. The van der Waals surface area contributed by atoms with Crippen LogP contribution in [0.1, 0.15) is 6.92 Å². The predicted molar refractivity (Wildman–Crippen MR) is 43.4 cm³/mol. The van der Waals surface area contributed by atoms with E-state index in [0.717, 1.165) is 6.08 Å². The van der Waals surface area contributed by atoms with Crippen LogP contribution in [0.15, 0.2) is 12.7 Å². The van der Waals surface area contributed by atoms with Crippen molar-refractivity contribution in [3.8, 4) is 0 Å². The molecule has 4 nitrogen and oxygen atoms in total. The summed E-state index contributed by atoms with van der Waals surface area (Å²) in [4.78, 5) is 10.5. The third-order valence-corrected chi connectivity index (χ3v) is 1.51. The highest BCUT2D eigenvalue weighted by atomic mass is 16.5. The number of hydrogen-bond acceptors (Lipinski definition) is 4. The maximum Gasteiger partial charge on any atom is 0.330 e. The first-order valence-electron chi connectivity index (χ1n) is 3.70. The standard InChI is InChI=1S/C8H14O4/c1-3-8(11)12-5-7(10)6(2)4-9/h3,6-7,9-10H,1,4-5H2,2H3. The van der Waals surface area contributed by atoms with Gasteiger partial charge in [0.05, 0.1) is 6.10 Å². The minimum atomic E-state index is -0.820. The number of ether oxygens (including phenoxy) is 1. The number of carbonyl (C=O) groups is 1. The zero-order valence-corrected chi connectivity index (χ0v) is 7.06. The van der Waals surface area contributed by atoms with Crippen LogP contribution in [0.5, 0.6) is 0 Å². The van der Waals surface area contributed by atoms with Crippen molar-refractivity contribution in [1.29, 1.82) is 0 Å². The van der Waals surface area contributed by atoms with E-state index in [2.05, 4.69) is 11.3 Å². The van der Waals surface area contributed by atoms with Gasteiger partial charge in [0.1, 0.15) is 6.61 Å². The highest BCUT2D eigenvalue weighted by Gasteiger charge is 2.14. The van der Waals surface area contributed by atoms with E-state index in [1.54, 1.807) is 6.92 Å². The summed E-state index contributed by atoms with van der Waals surface area (Å²) in [6.45, 7) is 4.62. The fourth-order valence-electron chi connectivity index (χ4n) is 0.512. The van der Waals surface area contributed by atoms with E-state index in [0.29, 0.717) is 0 Å². The summed E-state index contributed by atoms with van der Waals surface area (Å²) in [5.41, 5.74) is 0. The Bertz CT molecular complexity index is 155. The smallest absolute Gasteiger partial charge is 0.330 e. The van der Waals surface area contributed by atoms with Gasteiger partial charge in [0.25, 0.3) is 0 Å². The number of aliphatic hydroxyl groups is 2. The zero-order valence-electron chi connectivity index (χ0n) is 7.06. The van der Waals surface area contributed by atoms with Crippen molar-refractivity contribution in [3.05, 3.63) is 12.7 Å². The molecule has 0 spiro atoms. The predicted octanol–water partition coefficient (Wildman–Crippen LogP) is -0.295. The summed E-state index contributed by atoms with van der Waals surface area (Å²) < 4.78 is 4.56. The molecule has 0 saturated carbocycles. The Morgan fingerprint density at radius 1 is 1.75 bits per heavy atom. The maximum atomic E-state index is 10.5. The van der Waals surface area contributed by atoms with Crippen LogP contribution >= 0.6 is 0 Å². The first-order valence-corrected chi connectivity index (χ1v) is 3.70. The second-order valence-electron chi connectivity index (χ2n) is 2.56. The molecule has 0 aliphatic carbocycles. The van der Waals surface area contributed by atoms with Crippen LogP contribution in [0, 0.1) is 5.92 Å². The average molecular weight is 174 g/mol. The molecule has 70 valence electrons. The summed E-state index contributed by atoms with van der Waals surface area (Å²) in [6.07, 6.45) is 0.204. The van der Waals surface area contributed by atoms with E-state index in [-0.39, 0.29) is 19.1 Å². The summed E-state index contributed by atoms with van der Waals surface area (Å²) in [7, 11) is 0. The molecule has 0 radical (unpaired) electrons. The van der Waals surface area contributed by atoms with Crippen molar-refractivity contribution in [2.24, 2.45) is 5.92 Å². The minimum Gasteiger partial charge on any atom is -0.460 e. The van der Waals surface area contributed by atoms with Crippen LogP contribution in [0.2, 0.25) is 0 Å². The number of rotatable bonds is 5. The largest absolute Gasteiger partial charge is 0.460 e. The van der Waals surface area contributed by atoms with Gasteiger partial charge in [-0.1, -0.05) is 13.5 Å². The fraction of sp³-hybridized carbons (Fsp3) is 0.625. The lowest BCUT2D eigenvalue weighted by Crippen LogP contribution is -2.27. The Labute approximate surface area is 71.5 Å². The molecular formula is C8H14O4. The summed E-state index contributed by atoms with van der Waals surface area (Å²) >= 11 is 0. The van der Waals surface area contributed by atoms with Crippen molar-refractivity contribution in [2.75, 3.05) is 13.2 Å². The summed E-state index contributed by atoms with van der Waals surface area (Å²) in [5, 5.41) is 17.8. The van der Waals surface area contributed by atoms with E-state index in [4.69, 9.17) is 5.11 Å². The van der Waals surface area contributed by atoms with E-state index in [1.807, 2.05) is 0 Å². The molecule has 4 heteroatoms. The van der Waals surface area contributed by atoms with E-state index in [1.165, 1.54) is 0 Å². The molecule has 0 aliphatic rings. The van der Waals surface area contributed by atoms with Crippen molar-refractivity contribution in [3.63, 3.8) is 0 Å². The number of esters is 1. The fourth-order valence-corrected chi connectivity index (χ4v) is 0.512. The van der Waals surface area contributed by atoms with E-state index >= 15 is 0 Å². The molecule has 2 N–H and O–H groups in total. The molecule has 0 aromatic heterocycles. The first-order chi connectivity index (χ1) is 5.61. The molecular weight excluding hydrogens is 160 g/mol. The van der Waals surface area contributed by atoms with Gasteiger partial charge in [0.15, 0.2) is 0 Å². The molecule has 12 heavy (non-hydrogen) atoms. The molecule has 2 atom stereocenters. The molecule has 2 unspecified atom stereocenters. The highest BCUT2D eigenvalue weighted by molar-refractivity contribution is 5.81. The number of carbonyl (C=O) groups excluding carboxylic acids is 1. The second-order valence-corrected chi connectivity index (χ2v) is 2.56. The number of hydrogen-bond donors (Lipinski definition) is 2. The SMILES string of the molecule is C=CC(=O)OCC(O)C(C)CO. The molecule has 0 aliphatic heterocycles. The van der Waals surface area contributed by atoms with Crippen molar-refractivity contribution < 1.29 is 19.7 Å². The summed E-state index contributed by atoms with van der Waals surface area (Å²) in [5.74, 6) is -0.859. The second kappa shape index (κ2) is 5.74. The van der Waals surface area contributed by atoms with Gasteiger partial charge < -0.3 is 14.9 Å². The van der Waals surface area contributed by atoms with Crippen molar-refractivity contribution >= 4 is 5.97 Å². The van der Waals surface area contributed by atoms with E-state index in [9.17, 15) is 9.90 Å². The monoisotopic (exact) mass is 174 g/mol. The Morgan fingerprint density at radius 3 is 2.75 bits per heavy atom. The lowest BCUT2D eigenvalue weighted by molar-refractivity contribution is -0.141. The lowest BCUT2D eigenvalue weighted by Gasteiger charge is -2.15. The van der Waals surface area contributed by atoms with Crippen molar-refractivity contribution in [1.82, 2.24) is 0 Å². The quantitative estimate of drug-likeness (QED) is 0.444. The molecule has 0 fully saturated rings.